The van der Waals surface area contributed by atoms with E-state index in [0.717, 1.165) is 0 Å². The van der Waals surface area contributed by atoms with Gasteiger partial charge >= 0.3 is 74.9 Å². The van der Waals surface area contributed by atoms with Crippen molar-refractivity contribution in [2.45, 2.75) is 0 Å². The molecule has 0 aromatic heterocycles. The molecular weight excluding hydrogens is 255 g/mol. The Morgan fingerprint density at radius 3 is 2.00 bits per heavy atom. The van der Waals surface area contributed by atoms with Gasteiger partial charge < -0.3 is 0 Å². The molecule has 1 aromatic carbocycles. The standard InChI is InChI=1S/C8H11IO2/c1-10-9(11-2)8-6-4-3-5-7-8/h3-7H,1-2H3. The monoisotopic (exact) mass is 266 g/mol. The maximum absolute atomic E-state index is 5.22. The molecule has 0 bridgehead atoms. The summed E-state index contributed by atoms with van der Waals surface area (Å²) in [5, 5.41) is 0. The summed E-state index contributed by atoms with van der Waals surface area (Å²) in [4.78, 5) is 0. The van der Waals surface area contributed by atoms with Gasteiger partial charge in [0, 0.05) is 0 Å². The van der Waals surface area contributed by atoms with Crippen molar-refractivity contribution in [3.05, 3.63) is 33.9 Å². The van der Waals surface area contributed by atoms with Gasteiger partial charge in [-0.1, -0.05) is 0 Å². The first-order valence-electron chi connectivity index (χ1n) is 3.22. The van der Waals surface area contributed by atoms with Crippen molar-refractivity contribution in [1.82, 2.24) is 0 Å². The second-order valence-corrected chi connectivity index (χ2v) is 6.07. The Hall–Kier alpha value is -0.130. The molecule has 11 heavy (non-hydrogen) atoms. The minimum atomic E-state index is -1.72. The molecule has 1 rings (SSSR count). The fourth-order valence-corrected chi connectivity index (χ4v) is 3.14. The van der Waals surface area contributed by atoms with Crippen molar-refractivity contribution in [3.8, 4) is 0 Å². The second kappa shape index (κ2) is 4.69. The Labute approximate surface area is 75.0 Å². The zero-order valence-corrected chi connectivity index (χ0v) is 8.74. The number of benzene rings is 1. The summed E-state index contributed by atoms with van der Waals surface area (Å²) in [7, 11) is 3.39. The fourth-order valence-electron chi connectivity index (χ4n) is 0.759. The summed E-state index contributed by atoms with van der Waals surface area (Å²) in [5.74, 6) is 0. The molecule has 0 aliphatic rings. The van der Waals surface area contributed by atoms with Crippen molar-refractivity contribution < 1.29 is 6.13 Å². The van der Waals surface area contributed by atoms with Gasteiger partial charge in [0.2, 0.25) is 0 Å². The van der Waals surface area contributed by atoms with Gasteiger partial charge in [0.1, 0.15) is 0 Å². The van der Waals surface area contributed by atoms with Crippen LogP contribution in [-0.2, 0) is 6.13 Å². The van der Waals surface area contributed by atoms with Crippen LogP contribution in [0.5, 0.6) is 0 Å². The van der Waals surface area contributed by atoms with Gasteiger partial charge in [-0.25, -0.2) is 0 Å². The molecule has 0 atom stereocenters. The van der Waals surface area contributed by atoms with Gasteiger partial charge in [-0.3, -0.25) is 0 Å². The Balaban J connectivity index is 2.74. The van der Waals surface area contributed by atoms with Crippen LogP contribution in [0.3, 0.4) is 0 Å². The van der Waals surface area contributed by atoms with Crippen molar-refractivity contribution >= 4 is 20.6 Å². The summed E-state index contributed by atoms with van der Waals surface area (Å²) in [6, 6.07) is 10.1. The van der Waals surface area contributed by atoms with Crippen molar-refractivity contribution in [1.29, 1.82) is 0 Å². The quantitative estimate of drug-likeness (QED) is 0.782. The van der Waals surface area contributed by atoms with E-state index >= 15 is 0 Å². The fraction of sp³-hybridized carbons (Fsp3) is 0.250. The zero-order chi connectivity index (χ0) is 8.10. The van der Waals surface area contributed by atoms with Crippen LogP contribution >= 0.6 is 20.6 Å². The first-order chi connectivity index (χ1) is 5.38. The molecule has 0 N–H and O–H groups in total. The van der Waals surface area contributed by atoms with Crippen LogP contribution in [0, 0.1) is 3.57 Å². The summed E-state index contributed by atoms with van der Waals surface area (Å²) < 4.78 is 11.6. The number of hydrogen-bond acceptors (Lipinski definition) is 2. The van der Waals surface area contributed by atoms with E-state index in [9.17, 15) is 0 Å². The first-order valence-corrected chi connectivity index (χ1v) is 6.07. The van der Waals surface area contributed by atoms with Gasteiger partial charge in [0.15, 0.2) is 0 Å². The van der Waals surface area contributed by atoms with E-state index in [-0.39, 0.29) is 0 Å². The summed E-state index contributed by atoms with van der Waals surface area (Å²) >= 11 is -1.72. The van der Waals surface area contributed by atoms with Crippen LogP contribution in [0.15, 0.2) is 30.3 Å². The minimum absolute atomic E-state index is 1.20. The van der Waals surface area contributed by atoms with E-state index in [0.29, 0.717) is 0 Å². The number of halogens is 1. The third-order valence-electron chi connectivity index (χ3n) is 1.19. The van der Waals surface area contributed by atoms with Gasteiger partial charge in [0.25, 0.3) is 0 Å². The van der Waals surface area contributed by atoms with Gasteiger partial charge in [0.05, 0.1) is 0 Å². The van der Waals surface area contributed by atoms with E-state index in [1.165, 1.54) is 3.57 Å². The average molecular weight is 266 g/mol. The van der Waals surface area contributed by atoms with E-state index in [2.05, 4.69) is 0 Å². The molecule has 0 radical (unpaired) electrons. The topological polar surface area (TPSA) is 18.5 Å². The van der Waals surface area contributed by atoms with Crippen LogP contribution in [0.2, 0.25) is 0 Å². The van der Waals surface area contributed by atoms with Gasteiger partial charge in [-0.15, -0.1) is 0 Å². The average Bonchev–Trinajstić information content (AvgIpc) is 2.09. The summed E-state index contributed by atoms with van der Waals surface area (Å²) in [5.41, 5.74) is 0. The molecule has 3 heteroatoms. The van der Waals surface area contributed by atoms with Crippen molar-refractivity contribution in [3.63, 3.8) is 0 Å². The van der Waals surface area contributed by atoms with E-state index in [1.54, 1.807) is 14.2 Å². The molecule has 0 spiro atoms. The molecule has 2 nitrogen and oxygen atoms in total. The van der Waals surface area contributed by atoms with E-state index in [1.807, 2.05) is 30.3 Å². The molecule has 1 aromatic rings. The molecule has 0 heterocycles. The molecule has 0 saturated carbocycles. The maximum atomic E-state index is 5.22. The summed E-state index contributed by atoms with van der Waals surface area (Å²) in [6.07, 6.45) is 0. The predicted molar refractivity (Wildman–Crippen MR) is 53.2 cm³/mol. The first kappa shape index (κ1) is 8.96. The van der Waals surface area contributed by atoms with Gasteiger partial charge in [-0.2, -0.15) is 0 Å². The molecule has 0 aliphatic carbocycles. The van der Waals surface area contributed by atoms with Crippen LogP contribution in [0.25, 0.3) is 0 Å². The van der Waals surface area contributed by atoms with Crippen molar-refractivity contribution in [2.75, 3.05) is 14.2 Å². The third kappa shape index (κ3) is 2.43. The van der Waals surface area contributed by atoms with Gasteiger partial charge in [-0.05, 0) is 0 Å². The van der Waals surface area contributed by atoms with Crippen LogP contribution in [0.1, 0.15) is 0 Å². The van der Waals surface area contributed by atoms with Crippen molar-refractivity contribution in [2.24, 2.45) is 0 Å². The zero-order valence-electron chi connectivity index (χ0n) is 6.58. The van der Waals surface area contributed by atoms with Crippen LogP contribution in [-0.4, -0.2) is 14.2 Å². The molecule has 0 fully saturated rings. The van der Waals surface area contributed by atoms with E-state index < -0.39 is 20.6 Å². The summed E-state index contributed by atoms with van der Waals surface area (Å²) in [6.45, 7) is 0. The van der Waals surface area contributed by atoms with Crippen LogP contribution in [0.4, 0.5) is 0 Å². The molecule has 0 amide bonds. The molecule has 0 aliphatic heterocycles. The Morgan fingerprint density at radius 2 is 1.55 bits per heavy atom. The van der Waals surface area contributed by atoms with E-state index in [4.69, 9.17) is 6.13 Å². The second-order valence-electron chi connectivity index (χ2n) is 1.82. The molecule has 0 saturated heterocycles. The number of rotatable bonds is 3. The Morgan fingerprint density at radius 1 is 1.00 bits per heavy atom. The predicted octanol–water partition coefficient (Wildman–Crippen LogP) is 2.49. The number of hydrogen-bond donors (Lipinski definition) is 0. The molecule has 0 unspecified atom stereocenters. The SMILES string of the molecule is COI(OC)c1ccccc1. The van der Waals surface area contributed by atoms with Crippen LogP contribution < -0.4 is 0 Å². The Kier molecular flexibility index (Phi) is 3.82. The molecular formula is C8H11IO2. The normalized spacial score (nSPS) is 11.3. The molecule has 62 valence electrons. The third-order valence-corrected chi connectivity index (χ3v) is 4.53. The Bertz CT molecular complexity index is 197.